The van der Waals surface area contributed by atoms with Crippen molar-refractivity contribution >= 4 is 15.9 Å². The van der Waals surface area contributed by atoms with Crippen molar-refractivity contribution in [1.29, 1.82) is 0 Å². The number of aryl methyl sites for hydroxylation is 1. The van der Waals surface area contributed by atoms with E-state index in [1.54, 1.807) is 18.2 Å². The summed E-state index contributed by atoms with van der Waals surface area (Å²) in [5.41, 5.74) is 1.28. The molecule has 138 valence electrons. The third-order valence-electron chi connectivity index (χ3n) is 5.43. The maximum atomic E-state index is 12.7. The summed E-state index contributed by atoms with van der Waals surface area (Å²) >= 11 is 0. The maximum Gasteiger partial charge on any atom is 0.251 e. The van der Waals surface area contributed by atoms with Crippen LogP contribution in [-0.4, -0.2) is 38.3 Å². The standard InChI is InChI=1S/C19H28N2O3S/c1-15-9-10-17(25(23,24)21-11-5-6-12-21)13-18(15)19(22)20-14-16-7-3-2-4-8-16/h9-10,13,16H,2-8,11-12,14H2,1H3,(H,20,22). The predicted octanol–water partition coefficient (Wildman–Crippen LogP) is 3.09. The van der Waals surface area contributed by atoms with E-state index < -0.39 is 10.0 Å². The number of hydrogen-bond acceptors (Lipinski definition) is 3. The van der Waals surface area contributed by atoms with Crippen LogP contribution < -0.4 is 5.32 Å². The van der Waals surface area contributed by atoms with Gasteiger partial charge in [-0.25, -0.2) is 8.42 Å². The fraction of sp³-hybridized carbons (Fsp3) is 0.632. The third-order valence-corrected chi connectivity index (χ3v) is 7.33. The van der Waals surface area contributed by atoms with E-state index in [0.29, 0.717) is 31.1 Å². The molecule has 3 rings (SSSR count). The Labute approximate surface area is 150 Å². The van der Waals surface area contributed by atoms with E-state index in [2.05, 4.69) is 5.32 Å². The minimum atomic E-state index is -3.49. The van der Waals surface area contributed by atoms with Gasteiger partial charge in [0.2, 0.25) is 10.0 Å². The van der Waals surface area contributed by atoms with Crippen molar-refractivity contribution in [1.82, 2.24) is 9.62 Å². The lowest BCUT2D eigenvalue weighted by Crippen LogP contribution is -2.31. The summed E-state index contributed by atoms with van der Waals surface area (Å²) in [6.07, 6.45) is 7.91. The molecule has 5 nitrogen and oxygen atoms in total. The average molecular weight is 365 g/mol. The Kier molecular flexibility index (Phi) is 5.79. The van der Waals surface area contributed by atoms with E-state index in [9.17, 15) is 13.2 Å². The van der Waals surface area contributed by atoms with Gasteiger partial charge in [-0.3, -0.25) is 4.79 Å². The molecule has 0 atom stereocenters. The number of hydrogen-bond donors (Lipinski definition) is 1. The monoisotopic (exact) mass is 364 g/mol. The van der Waals surface area contributed by atoms with Crippen LogP contribution in [0.1, 0.15) is 60.9 Å². The maximum absolute atomic E-state index is 12.7. The highest BCUT2D eigenvalue weighted by molar-refractivity contribution is 7.89. The van der Waals surface area contributed by atoms with Crippen LogP contribution in [0.3, 0.4) is 0 Å². The molecule has 0 spiro atoms. The molecule has 1 aliphatic carbocycles. The fourth-order valence-corrected chi connectivity index (χ4v) is 5.35. The lowest BCUT2D eigenvalue weighted by molar-refractivity contribution is 0.0942. The van der Waals surface area contributed by atoms with Crippen molar-refractivity contribution in [2.45, 2.75) is 56.8 Å². The van der Waals surface area contributed by atoms with Gasteiger partial charge < -0.3 is 5.32 Å². The number of sulfonamides is 1. The predicted molar refractivity (Wildman–Crippen MR) is 98.1 cm³/mol. The Bertz CT molecular complexity index is 718. The molecular weight excluding hydrogens is 336 g/mol. The summed E-state index contributed by atoms with van der Waals surface area (Å²) in [6, 6.07) is 4.89. The first-order valence-corrected chi connectivity index (χ1v) is 10.8. The van der Waals surface area contributed by atoms with Gasteiger partial charge in [0.1, 0.15) is 0 Å². The van der Waals surface area contributed by atoms with Gasteiger partial charge in [-0.05, 0) is 56.2 Å². The summed E-state index contributed by atoms with van der Waals surface area (Å²) in [4.78, 5) is 12.8. The van der Waals surface area contributed by atoms with Gasteiger partial charge in [-0.1, -0.05) is 25.3 Å². The summed E-state index contributed by atoms with van der Waals surface area (Å²) < 4.78 is 27.0. The molecule has 1 aliphatic heterocycles. The zero-order valence-electron chi connectivity index (χ0n) is 15.0. The van der Waals surface area contributed by atoms with Crippen molar-refractivity contribution in [3.05, 3.63) is 29.3 Å². The first kappa shape index (κ1) is 18.4. The van der Waals surface area contributed by atoms with Crippen molar-refractivity contribution in [3.63, 3.8) is 0 Å². The number of benzene rings is 1. The summed E-state index contributed by atoms with van der Waals surface area (Å²) in [5, 5.41) is 3.01. The topological polar surface area (TPSA) is 66.5 Å². The molecule has 0 radical (unpaired) electrons. The molecule has 0 unspecified atom stereocenters. The van der Waals surface area contributed by atoms with Crippen LogP contribution in [0, 0.1) is 12.8 Å². The molecule has 1 saturated heterocycles. The summed E-state index contributed by atoms with van der Waals surface area (Å²) in [5.74, 6) is 0.385. The minimum Gasteiger partial charge on any atom is -0.352 e. The second-order valence-corrected chi connectivity index (χ2v) is 9.24. The highest BCUT2D eigenvalue weighted by atomic mass is 32.2. The van der Waals surface area contributed by atoms with Gasteiger partial charge >= 0.3 is 0 Å². The number of rotatable bonds is 5. The van der Waals surface area contributed by atoms with Crippen LogP contribution in [0.15, 0.2) is 23.1 Å². The summed E-state index contributed by atoms with van der Waals surface area (Å²) in [6.45, 7) is 3.67. The molecule has 1 aromatic carbocycles. The van der Waals surface area contributed by atoms with Crippen LogP contribution >= 0.6 is 0 Å². The molecule has 2 aliphatic rings. The molecule has 6 heteroatoms. The second-order valence-electron chi connectivity index (χ2n) is 7.30. The number of amides is 1. The van der Waals surface area contributed by atoms with E-state index in [1.807, 2.05) is 6.92 Å². The normalized spacial score (nSPS) is 19.9. The fourth-order valence-electron chi connectivity index (χ4n) is 3.81. The van der Waals surface area contributed by atoms with Crippen LogP contribution in [0.2, 0.25) is 0 Å². The van der Waals surface area contributed by atoms with Crippen LogP contribution in [-0.2, 0) is 10.0 Å². The highest BCUT2D eigenvalue weighted by Crippen LogP contribution is 2.24. The third kappa shape index (κ3) is 4.23. The lowest BCUT2D eigenvalue weighted by atomic mass is 9.89. The number of carbonyl (C=O) groups excluding carboxylic acids is 1. The van der Waals surface area contributed by atoms with Gasteiger partial charge in [-0.15, -0.1) is 0 Å². The van der Waals surface area contributed by atoms with Crippen molar-refractivity contribution in [2.75, 3.05) is 19.6 Å². The van der Waals surface area contributed by atoms with Crippen molar-refractivity contribution < 1.29 is 13.2 Å². The van der Waals surface area contributed by atoms with E-state index in [1.165, 1.54) is 36.4 Å². The van der Waals surface area contributed by atoms with Crippen LogP contribution in [0.4, 0.5) is 0 Å². The SMILES string of the molecule is Cc1ccc(S(=O)(=O)N2CCCC2)cc1C(=O)NCC1CCCCC1. The average Bonchev–Trinajstić information content (AvgIpc) is 3.16. The molecule has 2 fully saturated rings. The van der Waals surface area contributed by atoms with Gasteiger partial charge in [-0.2, -0.15) is 4.31 Å². The Hall–Kier alpha value is -1.40. The van der Waals surface area contributed by atoms with E-state index >= 15 is 0 Å². The summed E-state index contributed by atoms with van der Waals surface area (Å²) in [7, 11) is -3.49. The van der Waals surface area contributed by atoms with Gasteiger partial charge in [0.05, 0.1) is 4.90 Å². The molecule has 1 aromatic rings. The quantitative estimate of drug-likeness (QED) is 0.873. The lowest BCUT2D eigenvalue weighted by Gasteiger charge is -2.22. The van der Waals surface area contributed by atoms with Crippen molar-refractivity contribution in [2.24, 2.45) is 5.92 Å². The van der Waals surface area contributed by atoms with Crippen LogP contribution in [0.5, 0.6) is 0 Å². The Morgan fingerprint density at radius 1 is 1.12 bits per heavy atom. The zero-order chi connectivity index (χ0) is 17.9. The molecule has 1 N–H and O–H groups in total. The zero-order valence-corrected chi connectivity index (χ0v) is 15.8. The molecular formula is C19H28N2O3S. The smallest absolute Gasteiger partial charge is 0.251 e. The van der Waals surface area contributed by atoms with Gasteiger partial charge in [0.25, 0.3) is 5.91 Å². The molecule has 0 aromatic heterocycles. The van der Waals surface area contributed by atoms with E-state index in [0.717, 1.165) is 18.4 Å². The van der Waals surface area contributed by atoms with Gasteiger partial charge in [0.15, 0.2) is 0 Å². The van der Waals surface area contributed by atoms with Crippen LogP contribution in [0.25, 0.3) is 0 Å². The van der Waals surface area contributed by atoms with Gasteiger partial charge in [0, 0.05) is 25.2 Å². The first-order valence-electron chi connectivity index (χ1n) is 9.37. The minimum absolute atomic E-state index is 0.165. The molecule has 1 heterocycles. The largest absolute Gasteiger partial charge is 0.352 e. The first-order chi connectivity index (χ1) is 12.0. The second kappa shape index (κ2) is 7.87. The van der Waals surface area contributed by atoms with Crippen molar-refractivity contribution in [3.8, 4) is 0 Å². The molecule has 0 bridgehead atoms. The Morgan fingerprint density at radius 3 is 2.48 bits per heavy atom. The number of carbonyl (C=O) groups is 1. The highest BCUT2D eigenvalue weighted by Gasteiger charge is 2.28. The number of nitrogens with zero attached hydrogens (tertiary/aromatic N) is 1. The van der Waals surface area contributed by atoms with E-state index in [-0.39, 0.29) is 10.8 Å². The Morgan fingerprint density at radius 2 is 1.80 bits per heavy atom. The van der Waals surface area contributed by atoms with E-state index in [4.69, 9.17) is 0 Å². The molecule has 25 heavy (non-hydrogen) atoms. The molecule has 1 amide bonds. The Balaban J connectivity index is 1.73. The number of nitrogens with one attached hydrogen (secondary N) is 1. The molecule has 1 saturated carbocycles.